The van der Waals surface area contributed by atoms with Crippen molar-refractivity contribution in [1.82, 2.24) is 9.55 Å². The highest BCUT2D eigenvalue weighted by molar-refractivity contribution is 5.78. The molecule has 7 heteroatoms. The highest BCUT2D eigenvalue weighted by Gasteiger charge is 2.31. The Labute approximate surface area is 154 Å². The molecular weight excluding hydrogens is 353 g/mol. The van der Waals surface area contributed by atoms with E-state index in [1.54, 1.807) is 12.3 Å². The number of rotatable bonds is 3. The highest BCUT2D eigenvalue weighted by Crippen LogP contribution is 2.34. The summed E-state index contributed by atoms with van der Waals surface area (Å²) in [5, 5.41) is 0. The predicted molar refractivity (Wildman–Crippen MR) is 99.7 cm³/mol. The normalized spacial score (nSPS) is 17.0. The second-order valence-corrected chi connectivity index (χ2v) is 6.18. The Balaban J connectivity index is 1.79. The lowest BCUT2D eigenvalue weighted by atomic mass is 10.2. The third-order valence-corrected chi connectivity index (χ3v) is 4.51. The molecule has 0 amide bonds. The fourth-order valence-electron chi connectivity index (χ4n) is 3.24. The molecule has 0 saturated carbocycles. The van der Waals surface area contributed by atoms with Gasteiger partial charge in [0.05, 0.1) is 16.6 Å². The molecule has 1 unspecified atom stereocenters. The van der Waals surface area contributed by atoms with Crippen molar-refractivity contribution in [2.75, 3.05) is 4.90 Å². The van der Waals surface area contributed by atoms with E-state index in [9.17, 15) is 13.2 Å². The van der Waals surface area contributed by atoms with E-state index in [4.69, 9.17) is 0 Å². The van der Waals surface area contributed by atoms with Gasteiger partial charge in [-0.3, -0.25) is 4.57 Å². The van der Waals surface area contributed by atoms with Crippen LogP contribution in [0.15, 0.2) is 65.8 Å². The molecule has 0 N–H and O–H groups in total. The van der Waals surface area contributed by atoms with Crippen molar-refractivity contribution >= 4 is 22.9 Å². The van der Waals surface area contributed by atoms with Crippen LogP contribution in [0.25, 0.3) is 11.0 Å². The number of hydrogen-bond donors (Lipinski definition) is 0. The van der Waals surface area contributed by atoms with Crippen LogP contribution in [0, 0.1) is 0 Å². The summed E-state index contributed by atoms with van der Waals surface area (Å²) in [6, 6.07) is 12.9. The molecule has 1 aromatic heterocycles. The molecule has 4 nitrogen and oxygen atoms in total. The first kappa shape index (κ1) is 17.3. The van der Waals surface area contributed by atoms with Crippen molar-refractivity contribution in [2.45, 2.75) is 25.8 Å². The number of halogens is 3. The summed E-state index contributed by atoms with van der Waals surface area (Å²) < 4.78 is 40.6. The van der Waals surface area contributed by atoms with Crippen molar-refractivity contribution in [3.8, 4) is 0 Å². The molecule has 2 heterocycles. The van der Waals surface area contributed by atoms with Crippen molar-refractivity contribution < 1.29 is 13.2 Å². The maximum absolute atomic E-state index is 12.9. The molecule has 3 aromatic rings. The first-order valence-electron chi connectivity index (χ1n) is 8.60. The molecule has 0 aliphatic carbocycles. The summed E-state index contributed by atoms with van der Waals surface area (Å²) >= 11 is 0. The van der Waals surface area contributed by atoms with Crippen LogP contribution in [0.4, 0.5) is 18.9 Å². The SMILES string of the molecule is CCc1nc2ccccc2n1C1N=CC=CN1c1ccc(C(F)(F)F)cc1. The Morgan fingerprint density at radius 2 is 1.78 bits per heavy atom. The van der Waals surface area contributed by atoms with Gasteiger partial charge < -0.3 is 4.90 Å². The lowest BCUT2D eigenvalue weighted by Crippen LogP contribution is -2.30. The molecule has 0 saturated heterocycles. The monoisotopic (exact) mass is 370 g/mol. The Kier molecular flexibility index (Phi) is 4.22. The molecule has 0 bridgehead atoms. The van der Waals surface area contributed by atoms with Gasteiger partial charge in [-0.2, -0.15) is 13.2 Å². The van der Waals surface area contributed by atoms with Crippen molar-refractivity contribution in [1.29, 1.82) is 0 Å². The van der Waals surface area contributed by atoms with Gasteiger partial charge in [0.1, 0.15) is 5.82 Å². The molecule has 0 radical (unpaired) electrons. The molecule has 2 aromatic carbocycles. The number of imidazole rings is 1. The summed E-state index contributed by atoms with van der Waals surface area (Å²) in [7, 11) is 0. The molecule has 1 aliphatic heterocycles. The van der Waals surface area contributed by atoms with Gasteiger partial charge in [0, 0.05) is 24.5 Å². The van der Waals surface area contributed by atoms with Crippen LogP contribution in [-0.4, -0.2) is 15.8 Å². The minimum atomic E-state index is -4.36. The maximum atomic E-state index is 12.9. The van der Waals surface area contributed by atoms with Crippen LogP contribution in [0.3, 0.4) is 0 Å². The van der Waals surface area contributed by atoms with Gasteiger partial charge in [0.2, 0.25) is 6.29 Å². The number of hydrogen-bond acceptors (Lipinski definition) is 3. The number of alkyl halides is 3. The molecule has 4 rings (SSSR count). The van der Waals surface area contributed by atoms with E-state index in [1.807, 2.05) is 46.9 Å². The molecule has 0 spiro atoms. The second-order valence-electron chi connectivity index (χ2n) is 6.18. The minimum Gasteiger partial charge on any atom is -0.308 e. The van der Waals surface area contributed by atoms with E-state index < -0.39 is 18.0 Å². The predicted octanol–water partition coefficient (Wildman–Crippen LogP) is 5.18. The van der Waals surface area contributed by atoms with Gasteiger partial charge in [0.15, 0.2) is 0 Å². The van der Waals surface area contributed by atoms with E-state index in [0.29, 0.717) is 12.1 Å². The van der Waals surface area contributed by atoms with Crippen molar-refractivity contribution in [3.63, 3.8) is 0 Å². The number of nitrogens with zero attached hydrogens (tertiary/aromatic N) is 4. The molecule has 1 atom stereocenters. The summed E-state index contributed by atoms with van der Waals surface area (Å²) in [5.41, 5.74) is 1.76. The molecule has 0 fully saturated rings. The largest absolute Gasteiger partial charge is 0.416 e. The number of fused-ring (bicyclic) bond motifs is 1. The number of aliphatic imine (C=N–C) groups is 1. The van der Waals surface area contributed by atoms with E-state index >= 15 is 0 Å². The molecule has 138 valence electrons. The van der Waals surface area contributed by atoms with Crippen LogP contribution in [-0.2, 0) is 12.6 Å². The first-order valence-corrected chi connectivity index (χ1v) is 8.60. The zero-order valence-corrected chi connectivity index (χ0v) is 14.6. The fraction of sp³-hybridized carbons (Fsp3) is 0.200. The number of allylic oxidation sites excluding steroid dienone is 1. The van der Waals surface area contributed by atoms with Crippen LogP contribution < -0.4 is 4.90 Å². The highest BCUT2D eigenvalue weighted by atomic mass is 19.4. The Morgan fingerprint density at radius 3 is 2.48 bits per heavy atom. The zero-order chi connectivity index (χ0) is 19.0. The van der Waals surface area contributed by atoms with Gasteiger partial charge in [-0.15, -0.1) is 0 Å². The van der Waals surface area contributed by atoms with Crippen molar-refractivity contribution in [3.05, 3.63) is 72.2 Å². The quantitative estimate of drug-likeness (QED) is 0.637. The van der Waals surface area contributed by atoms with Gasteiger partial charge in [-0.25, -0.2) is 9.98 Å². The average molecular weight is 370 g/mol. The summed E-state index contributed by atoms with van der Waals surface area (Å²) in [5.74, 6) is 0.866. The number of benzene rings is 2. The lowest BCUT2D eigenvalue weighted by Gasteiger charge is -2.31. The third-order valence-electron chi connectivity index (χ3n) is 4.51. The van der Waals surface area contributed by atoms with E-state index in [0.717, 1.165) is 29.0 Å². The van der Waals surface area contributed by atoms with Crippen LogP contribution in [0.5, 0.6) is 0 Å². The summed E-state index contributed by atoms with van der Waals surface area (Å²) in [4.78, 5) is 11.1. The Bertz CT molecular complexity index is 1020. The standard InChI is InChI=1S/C20H17F3N4/c1-2-18-25-16-6-3-4-7-17(16)27(18)19-24-12-5-13-26(19)15-10-8-14(9-11-15)20(21,22)23/h3-13,19H,2H2,1H3. The van der Waals surface area contributed by atoms with Gasteiger partial charge in [-0.1, -0.05) is 19.1 Å². The van der Waals surface area contributed by atoms with Gasteiger partial charge in [-0.05, 0) is 42.5 Å². The topological polar surface area (TPSA) is 33.4 Å². The van der Waals surface area contributed by atoms with E-state index in [2.05, 4.69) is 9.98 Å². The third kappa shape index (κ3) is 3.09. The zero-order valence-electron chi connectivity index (χ0n) is 14.6. The maximum Gasteiger partial charge on any atom is 0.416 e. The first-order chi connectivity index (χ1) is 13.0. The Morgan fingerprint density at radius 1 is 1.04 bits per heavy atom. The molecule has 1 aliphatic rings. The van der Waals surface area contributed by atoms with Gasteiger partial charge in [0.25, 0.3) is 0 Å². The number of anilines is 1. The molecular formula is C20H17F3N4. The number of aromatic nitrogens is 2. The minimum absolute atomic E-state index is 0.450. The van der Waals surface area contributed by atoms with Crippen LogP contribution in [0.2, 0.25) is 0 Å². The van der Waals surface area contributed by atoms with Crippen LogP contribution >= 0.6 is 0 Å². The Hall–Kier alpha value is -3.09. The molecule has 27 heavy (non-hydrogen) atoms. The number of aryl methyl sites for hydroxylation is 1. The van der Waals surface area contributed by atoms with Crippen LogP contribution in [0.1, 0.15) is 24.6 Å². The van der Waals surface area contributed by atoms with Gasteiger partial charge >= 0.3 is 6.18 Å². The summed E-state index contributed by atoms with van der Waals surface area (Å²) in [6.45, 7) is 2.02. The smallest absolute Gasteiger partial charge is 0.308 e. The second kappa shape index (κ2) is 6.57. The number of para-hydroxylation sites is 2. The lowest BCUT2D eigenvalue weighted by molar-refractivity contribution is -0.137. The average Bonchev–Trinajstić information content (AvgIpc) is 3.06. The summed E-state index contributed by atoms with van der Waals surface area (Å²) in [6.07, 6.45) is 1.18. The van der Waals surface area contributed by atoms with E-state index in [-0.39, 0.29) is 0 Å². The van der Waals surface area contributed by atoms with E-state index in [1.165, 1.54) is 12.1 Å². The van der Waals surface area contributed by atoms with Crippen molar-refractivity contribution in [2.24, 2.45) is 4.99 Å². The fourth-order valence-corrected chi connectivity index (χ4v) is 3.24.